The maximum atomic E-state index is 12.4. The highest BCUT2D eigenvalue weighted by molar-refractivity contribution is 7.14. The molecule has 2 nitrogen and oxygen atoms in total. The molecule has 1 saturated heterocycles. The zero-order valence-corrected chi connectivity index (χ0v) is 11.8. The minimum Gasteiger partial charge on any atom is -0.335 e. The lowest BCUT2D eigenvalue weighted by Gasteiger charge is -2.33. The average molecular weight is 251 g/mol. The third-order valence-corrected chi connectivity index (χ3v) is 4.99. The predicted molar refractivity (Wildman–Crippen MR) is 72.8 cm³/mol. The van der Waals surface area contributed by atoms with Crippen molar-refractivity contribution in [3.8, 4) is 0 Å². The predicted octanol–water partition coefficient (Wildman–Crippen LogP) is 3.63. The van der Waals surface area contributed by atoms with Gasteiger partial charge in [0.2, 0.25) is 0 Å². The number of amides is 1. The quantitative estimate of drug-likeness (QED) is 0.786. The molecule has 17 heavy (non-hydrogen) atoms. The summed E-state index contributed by atoms with van der Waals surface area (Å²) in [6.07, 6.45) is 4.59. The van der Waals surface area contributed by atoms with Gasteiger partial charge < -0.3 is 4.90 Å². The summed E-state index contributed by atoms with van der Waals surface area (Å²) in [6, 6.07) is 2.47. The minimum absolute atomic E-state index is 0.241. The Labute approximate surface area is 108 Å². The van der Waals surface area contributed by atoms with Crippen molar-refractivity contribution in [3.05, 3.63) is 21.4 Å². The van der Waals surface area contributed by atoms with Gasteiger partial charge in [0, 0.05) is 17.5 Å². The Kier molecular flexibility index (Phi) is 3.87. The largest absolute Gasteiger partial charge is 0.335 e. The van der Waals surface area contributed by atoms with Crippen LogP contribution in [0.3, 0.4) is 0 Å². The van der Waals surface area contributed by atoms with Crippen LogP contribution >= 0.6 is 11.3 Å². The van der Waals surface area contributed by atoms with E-state index < -0.39 is 0 Å². The van der Waals surface area contributed by atoms with Crippen LogP contribution < -0.4 is 0 Å². The van der Waals surface area contributed by atoms with Gasteiger partial charge in [-0.15, -0.1) is 11.3 Å². The number of likely N-dealkylation sites (tertiary alicyclic amines) is 1. The first kappa shape index (κ1) is 12.6. The summed E-state index contributed by atoms with van der Waals surface area (Å²) in [6.45, 7) is 7.35. The lowest BCUT2D eigenvalue weighted by atomic mass is 10.0. The van der Waals surface area contributed by atoms with Crippen molar-refractivity contribution in [1.29, 1.82) is 0 Å². The first-order valence-corrected chi connectivity index (χ1v) is 7.35. The monoisotopic (exact) mass is 251 g/mol. The SMILES string of the molecule is CCc1sc(C(=O)N2CCCCC2C)cc1C. The molecule has 1 unspecified atom stereocenters. The van der Waals surface area contributed by atoms with E-state index in [0.717, 1.165) is 30.7 Å². The van der Waals surface area contributed by atoms with Crippen LogP contribution in [-0.2, 0) is 6.42 Å². The number of rotatable bonds is 2. The highest BCUT2D eigenvalue weighted by Gasteiger charge is 2.25. The van der Waals surface area contributed by atoms with Gasteiger partial charge in [0.25, 0.3) is 5.91 Å². The molecular weight excluding hydrogens is 230 g/mol. The van der Waals surface area contributed by atoms with Gasteiger partial charge in [0.1, 0.15) is 0 Å². The van der Waals surface area contributed by atoms with Crippen LogP contribution in [0.4, 0.5) is 0 Å². The van der Waals surface area contributed by atoms with Crippen LogP contribution in [-0.4, -0.2) is 23.4 Å². The van der Waals surface area contributed by atoms with Crippen LogP contribution in [0.15, 0.2) is 6.07 Å². The van der Waals surface area contributed by atoms with Crippen LogP contribution in [0, 0.1) is 6.92 Å². The summed E-state index contributed by atoms with van der Waals surface area (Å²) in [5, 5.41) is 0. The zero-order chi connectivity index (χ0) is 12.4. The lowest BCUT2D eigenvalue weighted by Crippen LogP contribution is -2.41. The molecular formula is C14H21NOS. The van der Waals surface area contributed by atoms with E-state index >= 15 is 0 Å². The van der Waals surface area contributed by atoms with Crippen LogP contribution in [0.2, 0.25) is 0 Å². The van der Waals surface area contributed by atoms with Crippen molar-refractivity contribution in [2.24, 2.45) is 0 Å². The van der Waals surface area contributed by atoms with E-state index in [-0.39, 0.29) is 5.91 Å². The molecule has 0 aliphatic carbocycles. The van der Waals surface area contributed by atoms with Crippen molar-refractivity contribution >= 4 is 17.2 Å². The van der Waals surface area contributed by atoms with Crippen molar-refractivity contribution in [3.63, 3.8) is 0 Å². The molecule has 0 aromatic carbocycles. The first-order chi connectivity index (χ1) is 8.13. The Balaban J connectivity index is 2.17. The molecule has 0 bridgehead atoms. The molecule has 1 atom stereocenters. The zero-order valence-electron chi connectivity index (χ0n) is 11.0. The number of hydrogen-bond acceptors (Lipinski definition) is 2. The van der Waals surface area contributed by atoms with E-state index in [0.29, 0.717) is 6.04 Å². The Morgan fingerprint density at radius 1 is 1.53 bits per heavy atom. The van der Waals surface area contributed by atoms with Gasteiger partial charge in [-0.2, -0.15) is 0 Å². The van der Waals surface area contributed by atoms with Gasteiger partial charge in [0.15, 0.2) is 0 Å². The molecule has 1 aromatic rings. The highest BCUT2D eigenvalue weighted by Crippen LogP contribution is 2.26. The maximum Gasteiger partial charge on any atom is 0.264 e. The smallest absolute Gasteiger partial charge is 0.264 e. The van der Waals surface area contributed by atoms with Crippen LogP contribution in [0.5, 0.6) is 0 Å². The van der Waals surface area contributed by atoms with E-state index in [9.17, 15) is 4.79 Å². The Morgan fingerprint density at radius 2 is 2.29 bits per heavy atom. The summed E-state index contributed by atoms with van der Waals surface area (Å²) < 4.78 is 0. The minimum atomic E-state index is 0.241. The number of nitrogens with zero attached hydrogens (tertiary/aromatic N) is 1. The molecule has 0 spiro atoms. The summed E-state index contributed by atoms with van der Waals surface area (Å²) in [7, 11) is 0. The number of hydrogen-bond donors (Lipinski definition) is 0. The standard InChI is InChI=1S/C14H21NOS/c1-4-12-10(2)9-13(17-12)14(16)15-8-6-5-7-11(15)3/h9,11H,4-8H2,1-3H3. The van der Waals surface area contributed by atoms with E-state index in [2.05, 4.69) is 26.8 Å². The van der Waals surface area contributed by atoms with Gasteiger partial charge >= 0.3 is 0 Å². The first-order valence-electron chi connectivity index (χ1n) is 6.53. The second-order valence-corrected chi connectivity index (χ2v) is 6.05. The third kappa shape index (κ3) is 2.54. The molecule has 2 heterocycles. The average Bonchev–Trinajstić information content (AvgIpc) is 2.70. The Bertz CT molecular complexity index is 410. The topological polar surface area (TPSA) is 20.3 Å². The fourth-order valence-electron chi connectivity index (χ4n) is 2.52. The molecule has 0 saturated carbocycles. The van der Waals surface area contributed by atoms with Crippen molar-refractivity contribution < 1.29 is 4.79 Å². The second-order valence-electron chi connectivity index (χ2n) is 4.91. The summed E-state index contributed by atoms with van der Waals surface area (Å²) in [5.74, 6) is 0.241. The number of thiophene rings is 1. The van der Waals surface area contributed by atoms with Crippen molar-refractivity contribution in [2.45, 2.75) is 52.5 Å². The summed E-state index contributed by atoms with van der Waals surface area (Å²) in [4.78, 5) is 16.7. The molecule has 1 amide bonds. The van der Waals surface area contributed by atoms with Gasteiger partial charge in [0.05, 0.1) is 4.88 Å². The van der Waals surface area contributed by atoms with Crippen molar-refractivity contribution in [2.75, 3.05) is 6.54 Å². The fourth-order valence-corrected chi connectivity index (χ4v) is 3.59. The van der Waals surface area contributed by atoms with Gasteiger partial charge in [-0.1, -0.05) is 6.92 Å². The van der Waals surface area contributed by atoms with Crippen LogP contribution in [0.1, 0.15) is 53.2 Å². The molecule has 1 fully saturated rings. The molecule has 1 aliphatic heterocycles. The molecule has 0 N–H and O–H groups in total. The lowest BCUT2D eigenvalue weighted by molar-refractivity contribution is 0.0640. The van der Waals surface area contributed by atoms with Crippen LogP contribution in [0.25, 0.3) is 0 Å². The highest BCUT2D eigenvalue weighted by atomic mass is 32.1. The molecule has 1 aliphatic rings. The number of piperidine rings is 1. The molecule has 94 valence electrons. The van der Waals surface area contributed by atoms with E-state index in [1.807, 2.05) is 4.90 Å². The molecule has 3 heteroatoms. The van der Waals surface area contributed by atoms with E-state index in [1.165, 1.54) is 16.9 Å². The molecule has 1 aromatic heterocycles. The number of carbonyl (C=O) groups excluding carboxylic acids is 1. The van der Waals surface area contributed by atoms with Gasteiger partial charge in [-0.3, -0.25) is 4.79 Å². The van der Waals surface area contributed by atoms with Gasteiger partial charge in [-0.25, -0.2) is 0 Å². The third-order valence-electron chi connectivity index (χ3n) is 3.62. The molecule has 2 rings (SSSR count). The normalized spacial score (nSPS) is 20.6. The molecule has 0 radical (unpaired) electrons. The number of aryl methyl sites for hydroxylation is 2. The fraction of sp³-hybridized carbons (Fsp3) is 0.643. The second kappa shape index (κ2) is 5.21. The Morgan fingerprint density at radius 3 is 2.88 bits per heavy atom. The summed E-state index contributed by atoms with van der Waals surface area (Å²) >= 11 is 1.67. The van der Waals surface area contributed by atoms with Gasteiger partial charge in [-0.05, 0) is 51.2 Å². The number of carbonyl (C=O) groups is 1. The Hall–Kier alpha value is -0.830. The van der Waals surface area contributed by atoms with E-state index in [4.69, 9.17) is 0 Å². The van der Waals surface area contributed by atoms with Crippen molar-refractivity contribution in [1.82, 2.24) is 4.90 Å². The summed E-state index contributed by atoms with van der Waals surface area (Å²) in [5.41, 5.74) is 1.27. The van der Waals surface area contributed by atoms with E-state index in [1.54, 1.807) is 11.3 Å². The maximum absolute atomic E-state index is 12.4.